The molecular weight excluding hydrogens is 268 g/mol. The lowest BCUT2D eigenvalue weighted by atomic mass is 10.1. The molecule has 21 heavy (non-hydrogen) atoms. The summed E-state index contributed by atoms with van der Waals surface area (Å²) in [5.74, 6) is 0. The second-order valence-corrected chi connectivity index (χ2v) is 4.95. The van der Waals surface area contributed by atoms with Crippen molar-refractivity contribution in [3.8, 4) is 0 Å². The van der Waals surface area contributed by atoms with Crippen molar-refractivity contribution in [3.05, 3.63) is 53.1 Å². The first kappa shape index (κ1) is 10.7. The number of nitrogens with one attached hydrogen (secondary N) is 1. The number of nitrogens with zero attached hydrogens (tertiary/aromatic N) is 1. The van der Waals surface area contributed by atoms with Crippen molar-refractivity contribution in [2.24, 2.45) is 0 Å². The minimum Gasteiger partial charge on any atom is -0.456 e. The van der Waals surface area contributed by atoms with Gasteiger partial charge in [-0.15, -0.1) is 0 Å². The molecule has 1 N–H and O–H groups in total. The number of H-pyrrole nitrogens is 1. The summed E-state index contributed by atoms with van der Waals surface area (Å²) in [5.41, 5.74) is 2.69. The largest absolute Gasteiger partial charge is 0.456 e. The molecule has 5 nitrogen and oxygen atoms in total. The van der Waals surface area contributed by atoms with Gasteiger partial charge in [-0.1, -0.05) is 18.2 Å². The Hall–Kier alpha value is -3.08. The number of para-hydroxylation sites is 1. The number of hydrogen-bond acceptors (Lipinski definition) is 4. The lowest BCUT2D eigenvalue weighted by Crippen LogP contribution is -2.03. The zero-order chi connectivity index (χ0) is 14.0. The molecule has 100 valence electrons. The number of furan rings is 2. The first-order valence-electron chi connectivity index (χ1n) is 6.52. The van der Waals surface area contributed by atoms with Crippen LogP contribution in [0.25, 0.3) is 44.0 Å². The Balaban J connectivity index is 2.07. The summed E-state index contributed by atoms with van der Waals surface area (Å²) in [6.07, 6.45) is 1.39. The van der Waals surface area contributed by atoms with E-state index in [9.17, 15) is 4.79 Å². The van der Waals surface area contributed by atoms with E-state index in [2.05, 4.69) is 9.97 Å². The first-order valence-corrected chi connectivity index (χ1v) is 6.52. The second-order valence-electron chi connectivity index (χ2n) is 4.95. The minimum atomic E-state index is -0.280. The highest BCUT2D eigenvalue weighted by Crippen LogP contribution is 2.34. The maximum Gasteiger partial charge on any atom is 0.294 e. The predicted octanol–water partition coefficient (Wildman–Crippen LogP) is 3.57. The SMILES string of the molecule is O=c1[nH]cnc2c1oc1cc3oc4ccccc4c3cc12. The molecule has 3 heterocycles. The van der Waals surface area contributed by atoms with Crippen molar-refractivity contribution in [3.63, 3.8) is 0 Å². The van der Waals surface area contributed by atoms with E-state index >= 15 is 0 Å². The molecule has 0 atom stereocenters. The molecule has 0 saturated carbocycles. The van der Waals surface area contributed by atoms with Crippen LogP contribution in [-0.2, 0) is 0 Å². The van der Waals surface area contributed by atoms with E-state index in [4.69, 9.17) is 8.83 Å². The highest BCUT2D eigenvalue weighted by Gasteiger charge is 2.15. The van der Waals surface area contributed by atoms with Crippen LogP contribution < -0.4 is 5.56 Å². The summed E-state index contributed by atoms with van der Waals surface area (Å²) in [5, 5.41) is 2.84. The van der Waals surface area contributed by atoms with Gasteiger partial charge in [-0.05, 0) is 12.1 Å². The molecule has 0 aliphatic carbocycles. The third-order valence-electron chi connectivity index (χ3n) is 3.76. The summed E-state index contributed by atoms with van der Waals surface area (Å²) in [6.45, 7) is 0. The lowest BCUT2D eigenvalue weighted by Gasteiger charge is -1.90. The van der Waals surface area contributed by atoms with Crippen molar-refractivity contribution in [1.82, 2.24) is 9.97 Å². The van der Waals surface area contributed by atoms with Gasteiger partial charge in [0, 0.05) is 22.2 Å². The lowest BCUT2D eigenvalue weighted by molar-refractivity contribution is 0.652. The Morgan fingerprint density at radius 3 is 2.71 bits per heavy atom. The number of benzene rings is 2. The molecule has 5 rings (SSSR count). The molecule has 0 aliphatic heterocycles. The van der Waals surface area contributed by atoms with Gasteiger partial charge in [0.2, 0.25) is 5.58 Å². The molecule has 0 radical (unpaired) electrons. The van der Waals surface area contributed by atoms with Crippen LogP contribution in [0.2, 0.25) is 0 Å². The van der Waals surface area contributed by atoms with Gasteiger partial charge in [0.15, 0.2) is 0 Å². The standard InChI is InChI=1S/C16H8N2O3/c19-16-15-14(17-7-18-16)10-5-9-8-3-1-2-4-11(8)20-12(9)6-13(10)21-15/h1-7H,(H,17,18,19). The van der Waals surface area contributed by atoms with Gasteiger partial charge in [-0.25, -0.2) is 4.98 Å². The van der Waals surface area contributed by atoms with Crippen LogP contribution in [0.15, 0.2) is 56.4 Å². The van der Waals surface area contributed by atoms with Gasteiger partial charge in [0.1, 0.15) is 22.3 Å². The Morgan fingerprint density at radius 2 is 1.76 bits per heavy atom. The summed E-state index contributed by atoms with van der Waals surface area (Å²) < 4.78 is 11.4. The molecule has 0 aliphatic rings. The molecule has 0 bridgehead atoms. The smallest absolute Gasteiger partial charge is 0.294 e. The number of aromatic amines is 1. The van der Waals surface area contributed by atoms with Gasteiger partial charge in [-0.3, -0.25) is 4.79 Å². The Bertz CT molecular complexity index is 1210. The molecule has 2 aromatic carbocycles. The highest BCUT2D eigenvalue weighted by atomic mass is 16.3. The monoisotopic (exact) mass is 276 g/mol. The molecule has 0 unspecified atom stereocenters. The normalized spacial score (nSPS) is 12.0. The fourth-order valence-electron chi connectivity index (χ4n) is 2.81. The number of rotatable bonds is 0. The van der Waals surface area contributed by atoms with Gasteiger partial charge in [0.05, 0.1) is 6.33 Å². The number of hydrogen-bond donors (Lipinski definition) is 1. The van der Waals surface area contributed by atoms with E-state index in [-0.39, 0.29) is 11.1 Å². The second kappa shape index (κ2) is 3.52. The Labute approximate surface area is 116 Å². The molecule has 0 spiro atoms. The van der Waals surface area contributed by atoms with Crippen LogP contribution in [0.5, 0.6) is 0 Å². The van der Waals surface area contributed by atoms with Crippen LogP contribution in [0.1, 0.15) is 0 Å². The maximum atomic E-state index is 11.8. The Kier molecular flexibility index (Phi) is 1.79. The fourth-order valence-corrected chi connectivity index (χ4v) is 2.81. The van der Waals surface area contributed by atoms with Gasteiger partial charge in [0.25, 0.3) is 5.56 Å². The third-order valence-corrected chi connectivity index (χ3v) is 3.76. The summed E-state index contributed by atoms with van der Waals surface area (Å²) >= 11 is 0. The van der Waals surface area contributed by atoms with E-state index in [0.29, 0.717) is 11.1 Å². The Morgan fingerprint density at radius 1 is 0.905 bits per heavy atom. The zero-order valence-corrected chi connectivity index (χ0v) is 10.7. The predicted molar refractivity (Wildman–Crippen MR) is 79.4 cm³/mol. The van der Waals surface area contributed by atoms with Gasteiger partial charge >= 0.3 is 0 Å². The van der Waals surface area contributed by atoms with Crippen LogP contribution in [0.3, 0.4) is 0 Å². The highest BCUT2D eigenvalue weighted by molar-refractivity contribution is 6.13. The van der Waals surface area contributed by atoms with E-state index < -0.39 is 0 Å². The molecule has 5 heteroatoms. The molecule has 0 saturated heterocycles. The average Bonchev–Trinajstić information content (AvgIpc) is 3.04. The fraction of sp³-hybridized carbons (Fsp3) is 0. The summed E-state index contributed by atoms with van der Waals surface area (Å²) in [7, 11) is 0. The van der Waals surface area contributed by atoms with Crippen molar-refractivity contribution in [2.75, 3.05) is 0 Å². The summed E-state index contributed by atoms with van der Waals surface area (Å²) in [4.78, 5) is 18.5. The van der Waals surface area contributed by atoms with Crippen molar-refractivity contribution >= 4 is 44.0 Å². The maximum absolute atomic E-state index is 11.8. The first-order chi connectivity index (χ1) is 10.3. The summed E-state index contributed by atoms with van der Waals surface area (Å²) in [6, 6.07) is 11.6. The number of aromatic nitrogens is 2. The molecule has 5 aromatic rings. The van der Waals surface area contributed by atoms with Crippen molar-refractivity contribution in [2.45, 2.75) is 0 Å². The van der Waals surface area contributed by atoms with Gasteiger partial charge < -0.3 is 13.8 Å². The van der Waals surface area contributed by atoms with Crippen LogP contribution in [0.4, 0.5) is 0 Å². The van der Waals surface area contributed by atoms with Gasteiger partial charge in [-0.2, -0.15) is 0 Å². The van der Waals surface area contributed by atoms with E-state index in [1.54, 1.807) is 0 Å². The van der Waals surface area contributed by atoms with E-state index in [1.807, 2.05) is 36.4 Å². The zero-order valence-electron chi connectivity index (χ0n) is 10.7. The molecular formula is C16H8N2O3. The molecule has 0 fully saturated rings. The third kappa shape index (κ3) is 1.30. The topological polar surface area (TPSA) is 72.0 Å². The van der Waals surface area contributed by atoms with Crippen molar-refractivity contribution in [1.29, 1.82) is 0 Å². The average molecular weight is 276 g/mol. The van der Waals surface area contributed by atoms with Crippen LogP contribution in [-0.4, -0.2) is 9.97 Å². The van der Waals surface area contributed by atoms with Crippen LogP contribution in [0, 0.1) is 0 Å². The molecule has 3 aromatic heterocycles. The minimum absolute atomic E-state index is 0.240. The van der Waals surface area contributed by atoms with Crippen molar-refractivity contribution < 1.29 is 8.83 Å². The van der Waals surface area contributed by atoms with E-state index in [1.165, 1.54) is 6.33 Å². The van der Waals surface area contributed by atoms with Crippen LogP contribution >= 0.6 is 0 Å². The number of fused-ring (bicyclic) bond motifs is 6. The van der Waals surface area contributed by atoms with E-state index in [0.717, 1.165) is 27.3 Å². The molecule has 0 amide bonds. The quantitative estimate of drug-likeness (QED) is 0.469.